The fourth-order valence-corrected chi connectivity index (χ4v) is 2.19. The number of anilines is 1. The maximum absolute atomic E-state index is 13.0. The van der Waals surface area contributed by atoms with E-state index in [1.807, 2.05) is 6.07 Å². The van der Waals surface area contributed by atoms with Gasteiger partial charge in [0.15, 0.2) is 0 Å². The van der Waals surface area contributed by atoms with Crippen molar-refractivity contribution in [1.29, 1.82) is 0 Å². The molecule has 5 nitrogen and oxygen atoms in total. The molecule has 0 radical (unpaired) electrons. The molecule has 0 bridgehead atoms. The highest BCUT2D eigenvalue weighted by molar-refractivity contribution is 5.89. The van der Waals surface area contributed by atoms with E-state index in [1.54, 1.807) is 23.8 Å². The van der Waals surface area contributed by atoms with Gasteiger partial charge >= 0.3 is 6.03 Å². The van der Waals surface area contributed by atoms with Crippen LogP contribution in [0.1, 0.15) is 18.4 Å². The number of rotatable bonds is 6. The number of nitrogens with one attached hydrogen (secondary N) is 2. The fraction of sp³-hybridized carbons (Fsp3) is 0.294. The highest BCUT2D eigenvalue weighted by Crippen LogP contribution is 2.15. The summed E-state index contributed by atoms with van der Waals surface area (Å²) in [5, 5.41) is 5.43. The lowest BCUT2D eigenvalue weighted by molar-refractivity contribution is 0.252. The van der Waals surface area contributed by atoms with Gasteiger partial charge in [-0.05, 0) is 49.6 Å². The molecule has 2 N–H and O–H groups in total. The Hall–Kier alpha value is -2.63. The lowest BCUT2D eigenvalue weighted by Gasteiger charge is -2.10. The van der Waals surface area contributed by atoms with Gasteiger partial charge in [0.2, 0.25) is 5.56 Å². The van der Waals surface area contributed by atoms with Crippen LogP contribution in [-0.4, -0.2) is 17.1 Å². The molecular formula is C17H20FN3O2. The third-order valence-corrected chi connectivity index (χ3v) is 3.45. The summed E-state index contributed by atoms with van der Waals surface area (Å²) in [6.07, 6.45) is 3.30. The summed E-state index contributed by atoms with van der Waals surface area (Å²) >= 11 is 0. The van der Waals surface area contributed by atoms with Crippen molar-refractivity contribution < 1.29 is 9.18 Å². The molecule has 0 saturated heterocycles. The van der Waals surface area contributed by atoms with Crippen LogP contribution in [0.4, 0.5) is 14.9 Å². The third kappa shape index (κ3) is 5.25. The summed E-state index contributed by atoms with van der Waals surface area (Å²) in [5.74, 6) is -0.329. The van der Waals surface area contributed by atoms with Gasteiger partial charge in [0.05, 0.1) is 0 Å². The van der Waals surface area contributed by atoms with E-state index >= 15 is 0 Å². The number of hydrogen-bond donors (Lipinski definition) is 2. The van der Waals surface area contributed by atoms with E-state index in [-0.39, 0.29) is 17.4 Å². The van der Waals surface area contributed by atoms with E-state index < -0.39 is 0 Å². The first kappa shape index (κ1) is 16.7. The first-order valence-corrected chi connectivity index (χ1v) is 7.53. The summed E-state index contributed by atoms with van der Waals surface area (Å²) in [7, 11) is 0. The number of benzene rings is 1. The van der Waals surface area contributed by atoms with Crippen molar-refractivity contribution in [2.24, 2.45) is 0 Å². The Labute approximate surface area is 134 Å². The highest BCUT2D eigenvalue weighted by Gasteiger charge is 2.04. The van der Waals surface area contributed by atoms with E-state index in [0.717, 1.165) is 12.8 Å². The van der Waals surface area contributed by atoms with Crippen LogP contribution in [0.5, 0.6) is 0 Å². The van der Waals surface area contributed by atoms with Crippen LogP contribution in [-0.2, 0) is 6.54 Å². The molecule has 0 spiro atoms. The fourth-order valence-electron chi connectivity index (χ4n) is 2.19. The maximum atomic E-state index is 13.0. The monoisotopic (exact) mass is 317 g/mol. The topological polar surface area (TPSA) is 63.1 Å². The number of carbonyl (C=O) groups excluding carboxylic acids is 1. The molecule has 1 heterocycles. The molecule has 0 atom stereocenters. The summed E-state index contributed by atoms with van der Waals surface area (Å²) in [6.45, 7) is 2.87. The van der Waals surface area contributed by atoms with E-state index in [1.165, 1.54) is 24.3 Å². The number of pyridine rings is 1. The number of aryl methyl sites for hydroxylation is 2. The van der Waals surface area contributed by atoms with E-state index in [4.69, 9.17) is 0 Å². The molecule has 0 aliphatic rings. The number of hydrogen-bond acceptors (Lipinski definition) is 2. The molecular weight excluding hydrogens is 297 g/mol. The molecule has 0 aliphatic carbocycles. The zero-order chi connectivity index (χ0) is 16.7. The SMILES string of the molecule is Cc1cc(F)ccc1NC(=O)NCCCCn1ccccc1=O. The molecule has 0 fully saturated rings. The zero-order valence-electron chi connectivity index (χ0n) is 13.0. The first-order chi connectivity index (χ1) is 11.1. The van der Waals surface area contributed by atoms with Crippen molar-refractivity contribution in [3.8, 4) is 0 Å². The van der Waals surface area contributed by atoms with Gasteiger partial charge in [-0.15, -0.1) is 0 Å². The minimum absolute atomic E-state index is 0.0232. The lowest BCUT2D eigenvalue weighted by atomic mass is 10.2. The predicted octanol–water partition coefficient (Wildman–Crippen LogP) is 2.90. The van der Waals surface area contributed by atoms with Gasteiger partial charge in [-0.3, -0.25) is 4.79 Å². The summed E-state index contributed by atoms with van der Waals surface area (Å²) in [6, 6.07) is 8.94. The van der Waals surface area contributed by atoms with Gasteiger partial charge in [0.1, 0.15) is 5.82 Å². The number of unbranched alkanes of at least 4 members (excludes halogenated alkanes) is 1. The average molecular weight is 317 g/mol. The molecule has 1 aromatic heterocycles. The Morgan fingerprint density at radius 2 is 2.04 bits per heavy atom. The van der Waals surface area contributed by atoms with E-state index in [0.29, 0.717) is 24.3 Å². The van der Waals surface area contributed by atoms with Gasteiger partial charge in [-0.25, -0.2) is 9.18 Å². The van der Waals surface area contributed by atoms with Crippen LogP contribution in [0, 0.1) is 12.7 Å². The van der Waals surface area contributed by atoms with Crippen LogP contribution in [0.25, 0.3) is 0 Å². The first-order valence-electron chi connectivity index (χ1n) is 7.53. The number of halogens is 1. The van der Waals surface area contributed by atoms with Crippen molar-refractivity contribution >= 4 is 11.7 Å². The van der Waals surface area contributed by atoms with Crippen molar-refractivity contribution in [2.75, 3.05) is 11.9 Å². The second-order valence-corrected chi connectivity index (χ2v) is 5.28. The lowest BCUT2D eigenvalue weighted by Crippen LogP contribution is -2.30. The Balaban J connectivity index is 1.69. The van der Waals surface area contributed by atoms with Gasteiger partial charge < -0.3 is 15.2 Å². The normalized spacial score (nSPS) is 10.3. The number of urea groups is 1. The average Bonchev–Trinajstić information content (AvgIpc) is 2.51. The van der Waals surface area contributed by atoms with Crippen molar-refractivity contribution in [2.45, 2.75) is 26.3 Å². The maximum Gasteiger partial charge on any atom is 0.319 e. The molecule has 23 heavy (non-hydrogen) atoms. The summed E-state index contributed by atoms with van der Waals surface area (Å²) in [5.41, 5.74) is 1.23. The number of carbonyl (C=O) groups is 1. The van der Waals surface area contributed by atoms with E-state index in [2.05, 4.69) is 10.6 Å². The molecule has 2 amide bonds. The van der Waals surface area contributed by atoms with Crippen LogP contribution in [0.15, 0.2) is 47.4 Å². The Bertz CT molecular complexity index is 728. The van der Waals surface area contributed by atoms with Gasteiger partial charge in [0, 0.05) is 31.0 Å². The second kappa shape index (κ2) is 8.12. The quantitative estimate of drug-likeness (QED) is 0.805. The smallest absolute Gasteiger partial charge is 0.319 e. The predicted molar refractivity (Wildman–Crippen MR) is 88.1 cm³/mol. The zero-order valence-corrected chi connectivity index (χ0v) is 13.0. The molecule has 122 valence electrons. The number of amides is 2. The van der Waals surface area contributed by atoms with Gasteiger partial charge in [-0.1, -0.05) is 6.07 Å². The Morgan fingerprint density at radius 3 is 2.78 bits per heavy atom. The molecule has 2 rings (SSSR count). The third-order valence-electron chi connectivity index (χ3n) is 3.45. The summed E-state index contributed by atoms with van der Waals surface area (Å²) in [4.78, 5) is 23.3. The van der Waals surface area contributed by atoms with E-state index in [9.17, 15) is 14.0 Å². The molecule has 6 heteroatoms. The number of nitrogens with zero attached hydrogens (tertiary/aromatic N) is 1. The van der Waals surface area contributed by atoms with Gasteiger partial charge in [0.25, 0.3) is 0 Å². The molecule has 2 aromatic rings. The molecule has 0 saturated carbocycles. The molecule has 1 aromatic carbocycles. The van der Waals surface area contributed by atoms with Crippen molar-refractivity contribution in [3.63, 3.8) is 0 Å². The van der Waals surface area contributed by atoms with Crippen molar-refractivity contribution in [3.05, 3.63) is 64.3 Å². The second-order valence-electron chi connectivity index (χ2n) is 5.28. The minimum Gasteiger partial charge on any atom is -0.338 e. The van der Waals surface area contributed by atoms with Gasteiger partial charge in [-0.2, -0.15) is 0 Å². The minimum atomic E-state index is -0.329. The van der Waals surface area contributed by atoms with Crippen LogP contribution in [0.3, 0.4) is 0 Å². The van der Waals surface area contributed by atoms with Crippen molar-refractivity contribution in [1.82, 2.24) is 9.88 Å². The highest BCUT2D eigenvalue weighted by atomic mass is 19.1. The number of aromatic nitrogens is 1. The molecule has 0 aliphatic heterocycles. The largest absolute Gasteiger partial charge is 0.338 e. The van der Waals surface area contributed by atoms with Crippen LogP contribution in [0.2, 0.25) is 0 Å². The van der Waals surface area contributed by atoms with Crippen LogP contribution < -0.4 is 16.2 Å². The van der Waals surface area contributed by atoms with Crippen LogP contribution >= 0.6 is 0 Å². The Kier molecular flexibility index (Phi) is 5.91. The summed E-state index contributed by atoms with van der Waals surface area (Å²) < 4.78 is 14.6. The molecule has 0 unspecified atom stereocenters. The Morgan fingerprint density at radius 1 is 1.22 bits per heavy atom. The standard InChI is InChI=1S/C17H20FN3O2/c1-13-12-14(18)7-8-15(13)20-17(23)19-9-3-5-11-21-10-4-2-6-16(21)22/h2,4,6-8,10,12H,3,5,9,11H2,1H3,(H2,19,20,23).